The maximum absolute atomic E-state index is 6.29. The van der Waals surface area contributed by atoms with Crippen molar-refractivity contribution in [3.8, 4) is 0 Å². The van der Waals surface area contributed by atoms with E-state index in [1.165, 1.54) is 22.3 Å². The van der Waals surface area contributed by atoms with E-state index in [2.05, 4.69) is 47.1 Å². The second kappa shape index (κ2) is 5.22. The van der Waals surface area contributed by atoms with E-state index < -0.39 is 0 Å². The molecule has 0 unspecified atom stereocenters. The molecule has 0 saturated heterocycles. The Balaban J connectivity index is 2.17. The van der Waals surface area contributed by atoms with Gasteiger partial charge in [-0.15, -0.1) is 0 Å². The van der Waals surface area contributed by atoms with Gasteiger partial charge in [-0.25, -0.2) is 0 Å². The van der Waals surface area contributed by atoms with Crippen LogP contribution in [0.25, 0.3) is 10.9 Å². The second-order valence-corrected chi connectivity index (χ2v) is 5.31. The SMILES string of the molecule is CNc1c(C)n(Cc2ccccc2Cl)c2ccccc12. The van der Waals surface area contributed by atoms with E-state index in [1.54, 1.807) is 0 Å². The summed E-state index contributed by atoms with van der Waals surface area (Å²) in [5.41, 5.74) is 4.79. The summed E-state index contributed by atoms with van der Waals surface area (Å²) < 4.78 is 2.31. The number of hydrogen-bond donors (Lipinski definition) is 1. The molecule has 0 atom stereocenters. The minimum atomic E-state index is 0.785. The standard InChI is InChI=1S/C17H17ClN2/c1-12-17(19-2)14-8-4-6-10-16(14)20(12)11-13-7-3-5-9-15(13)18/h3-10,19H,11H2,1-2H3. The minimum absolute atomic E-state index is 0.785. The van der Waals surface area contributed by atoms with Crippen LogP contribution in [0.2, 0.25) is 5.02 Å². The van der Waals surface area contributed by atoms with E-state index >= 15 is 0 Å². The summed E-state index contributed by atoms with van der Waals surface area (Å²) in [5, 5.41) is 5.37. The second-order valence-electron chi connectivity index (χ2n) is 4.91. The Labute approximate surface area is 124 Å². The highest BCUT2D eigenvalue weighted by molar-refractivity contribution is 6.31. The lowest BCUT2D eigenvalue weighted by Crippen LogP contribution is -2.03. The van der Waals surface area contributed by atoms with Crippen molar-refractivity contribution in [2.24, 2.45) is 0 Å². The van der Waals surface area contributed by atoms with E-state index in [1.807, 2.05) is 25.2 Å². The zero-order valence-corrected chi connectivity index (χ0v) is 12.4. The van der Waals surface area contributed by atoms with Crippen LogP contribution >= 0.6 is 11.6 Å². The van der Waals surface area contributed by atoms with E-state index in [0.717, 1.165) is 17.1 Å². The summed E-state index contributed by atoms with van der Waals surface area (Å²) in [6, 6.07) is 16.5. The molecular weight excluding hydrogens is 268 g/mol. The van der Waals surface area contributed by atoms with Gasteiger partial charge in [-0.1, -0.05) is 48.0 Å². The number of nitrogens with one attached hydrogen (secondary N) is 1. The lowest BCUT2D eigenvalue weighted by molar-refractivity contribution is 0.806. The number of aromatic nitrogens is 1. The lowest BCUT2D eigenvalue weighted by Gasteiger charge is -2.10. The third kappa shape index (κ3) is 2.06. The fourth-order valence-corrected chi connectivity index (χ4v) is 2.94. The fourth-order valence-electron chi connectivity index (χ4n) is 2.75. The van der Waals surface area contributed by atoms with Crippen molar-refractivity contribution in [1.82, 2.24) is 4.57 Å². The molecule has 0 spiro atoms. The quantitative estimate of drug-likeness (QED) is 0.738. The average Bonchev–Trinajstić information content (AvgIpc) is 2.74. The highest BCUT2D eigenvalue weighted by atomic mass is 35.5. The third-order valence-corrected chi connectivity index (χ3v) is 4.14. The largest absolute Gasteiger partial charge is 0.386 e. The van der Waals surface area contributed by atoms with Crippen molar-refractivity contribution in [2.75, 3.05) is 12.4 Å². The summed E-state index contributed by atoms with van der Waals surface area (Å²) in [6.07, 6.45) is 0. The van der Waals surface area contributed by atoms with Gasteiger partial charge < -0.3 is 9.88 Å². The van der Waals surface area contributed by atoms with Crippen molar-refractivity contribution < 1.29 is 0 Å². The van der Waals surface area contributed by atoms with Crippen LogP contribution in [0.15, 0.2) is 48.5 Å². The van der Waals surface area contributed by atoms with Crippen LogP contribution in [-0.2, 0) is 6.54 Å². The summed E-state index contributed by atoms with van der Waals surface area (Å²) in [4.78, 5) is 0. The van der Waals surface area contributed by atoms with Gasteiger partial charge in [-0.2, -0.15) is 0 Å². The molecule has 0 saturated carbocycles. The highest BCUT2D eigenvalue weighted by Crippen LogP contribution is 2.31. The number of benzene rings is 2. The first kappa shape index (κ1) is 13.1. The first-order valence-electron chi connectivity index (χ1n) is 6.71. The number of fused-ring (bicyclic) bond motifs is 1. The summed E-state index contributed by atoms with van der Waals surface area (Å²) in [7, 11) is 1.97. The van der Waals surface area contributed by atoms with Gasteiger partial charge in [0.25, 0.3) is 0 Å². The monoisotopic (exact) mass is 284 g/mol. The normalized spacial score (nSPS) is 10.9. The number of para-hydroxylation sites is 1. The molecule has 0 fully saturated rings. The van der Waals surface area contributed by atoms with E-state index in [0.29, 0.717) is 0 Å². The molecule has 0 aliphatic heterocycles. The molecular formula is C17H17ClN2. The molecule has 2 nitrogen and oxygen atoms in total. The van der Waals surface area contributed by atoms with Crippen LogP contribution in [0.4, 0.5) is 5.69 Å². The number of hydrogen-bond acceptors (Lipinski definition) is 1. The van der Waals surface area contributed by atoms with Gasteiger partial charge in [0.15, 0.2) is 0 Å². The van der Waals surface area contributed by atoms with Gasteiger partial charge >= 0.3 is 0 Å². The first-order valence-corrected chi connectivity index (χ1v) is 7.09. The Morgan fingerprint density at radius 2 is 1.75 bits per heavy atom. The van der Waals surface area contributed by atoms with Crippen molar-refractivity contribution in [3.05, 3.63) is 64.8 Å². The van der Waals surface area contributed by atoms with Gasteiger partial charge in [0.2, 0.25) is 0 Å². The molecule has 20 heavy (non-hydrogen) atoms. The van der Waals surface area contributed by atoms with Crippen LogP contribution in [0.3, 0.4) is 0 Å². The van der Waals surface area contributed by atoms with Gasteiger partial charge in [0, 0.05) is 29.7 Å². The fraction of sp³-hybridized carbons (Fsp3) is 0.176. The van der Waals surface area contributed by atoms with Crippen LogP contribution in [0.1, 0.15) is 11.3 Å². The Kier molecular flexibility index (Phi) is 3.41. The molecule has 3 heteroatoms. The molecule has 0 aliphatic rings. The Morgan fingerprint density at radius 3 is 2.50 bits per heavy atom. The Hall–Kier alpha value is -1.93. The zero-order chi connectivity index (χ0) is 14.1. The van der Waals surface area contributed by atoms with Crippen molar-refractivity contribution in [2.45, 2.75) is 13.5 Å². The first-order chi connectivity index (χ1) is 9.72. The predicted octanol–water partition coefficient (Wildman–Crippen LogP) is 4.69. The van der Waals surface area contributed by atoms with Crippen LogP contribution < -0.4 is 5.32 Å². The van der Waals surface area contributed by atoms with Crippen LogP contribution in [0.5, 0.6) is 0 Å². The molecule has 0 amide bonds. The lowest BCUT2D eigenvalue weighted by atomic mass is 10.2. The summed E-state index contributed by atoms with van der Waals surface area (Å²) >= 11 is 6.29. The predicted molar refractivity (Wildman–Crippen MR) is 86.8 cm³/mol. The van der Waals surface area contributed by atoms with Crippen molar-refractivity contribution in [1.29, 1.82) is 0 Å². The van der Waals surface area contributed by atoms with Gasteiger partial charge in [-0.3, -0.25) is 0 Å². The van der Waals surface area contributed by atoms with Crippen LogP contribution in [-0.4, -0.2) is 11.6 Å². The Morgan fingerprint density at radius 1 is 1.05 bits per heavy atom. The van der Waals surface area contributed by atoms with Gasteiger partial charge in [-0.05, 0) is 24.6 Å². The van der Waals surface area contributed by atoms with E-state index in [4.69, 9.17) is 11.6 Å². The molecule has 102 valence electrons. The molecule has 0 radical (unpaired) electrons. The topological polar surface area (TPSA) is 17.0 Å². The summed E-state index contributed by atoms with van der Waals surface area (Å²) in [5.74, 6) is 0. The molecule has 1 N–H and O–H groups in total. The zero-order valence-electron chi connectivity index (χ0n) is 11.7. The highest BCUT2D eigenvalue weighted by Gasteiger charge is 2.13. The van der Waals surface area contributed by atoms with E-state index in [9.17, 15) is 0 Å². The van der Waals surface area contributed by atoms with Crippen molar-refractivity contribution >= 4 is 28.2 Å². The molecule has 2 aromatic carbocycles. The molecule has 3 rings (SSSR count). The Bertz CT molecular complexity index is 759. The van der Waals surface area contributed by atoms with E-state index in [-0.39, 0.29) is 0 Å². The number of anilines is 1. The molecule has 3 aromatic rings. The number of halogens is 1. The maximum Gasteiger partial charge on any atom is 0.0627 e. The summed E-state index contributed by atoms with van der Waals surface area (Å²) in [6.45, 7) is 2.93. The van der Waals surface area contributed by atoms with Crippen molar-refractivity contribution in [3.63, 3.8) is 0 Å². The van der Waals surface area contributed by atoms with Crippen LogP contribution in [0, 0.1) is 6.92 Å². The van der Waals surface area contributed by atoms with Gasteiger partial charge in [0.05, 0.1) is 11.2 Å². The number of rotatable bonds is 3. The average molecular weight is 285 g/mol. The smallest absolute Gasteiger partial charge is 0.0627 e. The van der Waals surface area contributed by atoms with Gasteiger partial charge in [0.1, 0.15) is 0 Å². The number of nitrogens with zero attached hydrogens (tertiary/aromatic N) is 1. The molecule has 1 heterocycles. The molecule has 0 aliphatic carbocycles. The molecule has 1 aromatic heterocycles. The third-order valence-electron chi connectivity index (χ3n) is 3.77. The maximum atomic E-state index is 6.29. The minimum Gasteiger partial charge on any atom is -0.386 e. The molecule has 0 bridgehead atoms.